The van der Waals surface area contributed by atoms with Crippen molar-refractivity contribution >= 4 is 0 Å². The zero-order valence-electron chi connectivity index (χ0n) is 12.7. The zero-order chi connectivity index (χ0) is 13.6. The first-order valence-electron chi connectivity index (χ1n) is 7.27. The summed E-state index contributed by atoms with van der Waals surface area (Å²) >= 11 is 0. The fourth-order valence-corrected chi connectivity index (χ4v) is 2.53. The molecular weight excluding hydrogens is 218 g/mol. The van der Waals surface area contributed by atoms with Gasteiger partial charge in [-0.05, 0) is 30.9 Å². The van der Waals surface area contributed by atoms with Gasteiger partial charge < -0.3 is 5.32 Å². The normalized spacial score (nSPS) is 13.9. The van der Waals surface area contributed by atoms with Gasteiger partial charge in [0.1, 0.15) is 0 Å². The molecule has 0 radical (unpaired) electrons. The van der Waals surface area contributed by atoms with Crippen molar-refractivity contribution in [3.05, 3.63) is 35.9 Å². The van der Waals surface area contributed by atoms with Crippen molar-refractivity contribution in [2.75, 3.05) is 6.54 Å². The second-order valence-corrected chi connectivity index (χ2v) is 6.17. The Morgan fingerprint density at radius 2 is 1.67 bits per heavy atom. The van der Waals surface area contributed by atoms with E-state index in [4.69, 9.17) is 0 Å². The van der Waals surface area contributed by atoms with Crippen LogP contribution < -0.4 is 5.32 Å². The average molecular weight is 247 g/mol. The van der Waals surface area contributed by atoms with E-state index in [0.29, 0.717) is 6.04 Å². The maximum Gasteiger partial charge on any atom is 0.0159 e. The molecule has 0 aliphatic carbocycles. The van der Waals surface area contributed by atoms with Crippen molar-refractivity contribution in [3.63, 3.8) is 0 Å². The lowest BCUT2D eigenvalue weighted by molar-refractivity contribution is 0.308. The van der Waals surface area contributed by atoms with Crippen molar-refractivity contribution < 1.29 is 0 Å². The Hall–Kier alpha value is -0.820. The monoisotopic (exact) mass is 247 g/mol. The van der Waals surface area contributed by atoms with Gasteiger partial charge >= 0.3 is 0 Å². The van der Waals surface area contributed by atoms with Gasteiger partial charge in [0.2, 0.25) is 0 Å². The number of hydrogen-bond donors (Lipinski definition) is 1. The van der Waals surface area contributed by atoms with E-state index in [0.717, 1.165) is 12.5 Å². The van der Waals surface area contributed by atoms with E-state index in [1.165, 1.54) is 18.4 Å². The van der Waals surface area contributed by atoms with Crippen LogP contribution in [0.3, 0.4) is 0 Å². The fraction of sp³-hybridized carbons (Fsp3) is 0.647. The van der Waals surface area contributed by atoms with E-state index in [1.54, 1.807) is 0 Å². The molecule has 0 aliphatic heterocycles. The Labute approximate surface area is 113 Å². The molecule has 1 atom stereocenters. The molecule has 1 heteroatoms. The molecule has 0 aromatic heterocycles. The summed E-state index contributed by atoms with van der Waals surface area (Å²) in [5.74, 6) is 0.776. The van der Waals surface area contributed by atoms with Gasteiger partial charge in [0.25, 0.3) is 0 Å². The minimum atomic E-state index is 0.187. The topological polar surface area (TPSA) is 12.0 Å². The van der Waals surface area contributed by atoms with Crippen LogP contribution in [0.4, 0.5) is 0 Å². The molecule has 0 fully saturated rings. The second-order valence-electron chi connectivity index (χ2n) is 6.17. The van der Waals surface area contributed by atoms with Crippen LogP contribution in [0.2, 0.25) is 0 Å². The Morgan fingerprint density at radius 1 is 1.06 bits per heavy atom. The van der Waals surface area contributed by atoms with E-state index in [-0.39, 0.29) is 5.41 Å². The molecule has 1 aromatic rings. The second kappa shape index (κ2) is 6.94. The molecule has 1 aromatic carbocycles. The molecular formula is C17H29N. The molecule has 18 heavy (non-hydrogen) atoms. The van der Waals surface area contributed by atoms with E-state index in [2.05, 4.69) is 70.3 Å². The number of likely N-dealkylation sites (N-methyl/N-ethyl adjacent to an activating group) is 1. The number of rotatable bonds is 7. The lowest BCUT2D eigenvalue weighted by atomic mass is 9.75. The summed E-state index contributed by atoms with van der Waals surface area (Å²) in [4.78, 5) is 0. The average Bonchev–Trinajstić information content (AvgIpc) is 2.35. The molecule has 0 saturated heterocycles. The highest BCUT2D eigenvalue weighted by molar-refractivity contribution is 5.25. The summed E-state index contributed by atoms with van der Waals surface area (Å²) in [7, 11) is 0. The quantitative estimate of drug-likeness (QED) is 0.754. The summed E-state index contributed by atoms with van der Waals surface area (Å²) in [6.45, 7) is 12.6. The highest BCUT2D eigenvalue weighted by Crippen LogP contribution is 2.30. The lowest BCUT2D eigenvalue weighted by Gasteiger charge is -2.36. The number of nitrogens with one attached hydrogen (secondary N) is 1. The lowest BCUT2D eigenvalue weighted by Crippen LogP contribution is -2.45. The Morgan fingerprint density at radius 3 is 2.17 bits per heavy atom. The Kier molecular flexibility index (Phi) is 5.87. The van der Waals surface area contributed by atoms with Crippen LogP contribution >= 0.6 is 0 Å². The van der Waals surface area contributed by atoms with Crippen LogP contribution in [0.25, 0.3) is 0 Å². The van der Waals surface area contributed by atoms with Gasteiger partial charge in [0.15, 0.2) is 0 Å². The molecule has 1 rings (SSSR count). The number of benzene rings is 1. The van der Waals surface area contributed by atoms with Crippen molar-refractivity contribution in [1.29, 1.82) is 0 Å². The summed E-state index contributed by atoms with van der Waals surface area (Å²) < 4.78 is 0. The molecule has 0 saturated carbocycles. The van der Waals surface area contributed by atoms with Crippen LogP contribution in [0.5, 0.6) is 0 Å². The summed E-state index contributed by atoms with van der Waals surface area (Å²) in [6, 6.07) is 11.4. The van der Waals surface area contributed by atoms with Crippen molar-refractivity contribution in [2.24, 2.45) is 5.92 Å². The third-order valence-electron chi connectivity index (χ3n) is 3.87. The van der Waals surface area contributed by atoms with Gasteiger partial charge in [-0.15, -0.1) is 0 Å². The van der Waals surface area contributed by atoms with E-state index in [1.807, 2.05) is 0 Å². The van der Waals surface area contributed by atoms with Crippen molar-refractivity contribution in [1.82, 2.24) is 5.32 Å². The van der Waals surface area contributed by atoms with Crippen molar-refractivity contribution in [3.8, 4) is 0 Å². The summed E-state index contributed by atoms with van der Waals surface area (Å²) in [5.41, 5.74) is 1.62. The van der Waals surface area contributed by atoms with Crippen LogP contribution in [-0.4, -0.2) is 12.6 Å². The van der Waals surface area contributed by atoms with Gasteiger partial charge in [-0.2, -0.15) is 0 Å². The smallest absolute Gasteiger partial charge is 0.0159 e. The largest absolute Gasteiger partial charge is 0.313 e. The van der Waals surface area contributed by atoms with Crippen molar-refractivity contribution in [2.45, 2.75) is 58.9 Å². The first kappa shape index (κ1) is 15.2. The maximum absolute atomic E-state index is 3.68. The summed E-state index contributed by atoms with van der Waals surface area (Å²) in [5, 5.41) is 3.68. The molecule has 1 unspecified atom stereocenters. The van der Waals surface area contributed by atoms with Crippen LogP contribution in [0.1, 0.15) is 53.0 Å². The van der Waals surface area contributed by atoms with Crippen LogP contribution in [-0.2, 0) is 5.41 Å². The molecule has 0 aliphatic rings. The predicted molar refractivity (Wildman–Crippen MR) is 81.0 cm³/mol. The third kappa shape index (κ3) is 4.13. The van der Waals surface area contributed by atoms with Gasteiger partial charge in [0, 0.05) is 11.5 Å². The molecule has 0 amide bonds. The summed E-state index contributed by atoms with van der Waals surface area (Å²) in [6.07, 6.45) is 2.53. The Bertz CT molecular complexity index is 327. The SMILES string of the molecule is CCNC(CCC(C)C)C(C)(C)c1ccccc1. The van der Waals surface area contributed by atoms with E-state index >= 15 is 0 Å². The molecule has 1 nitrogen and oxygen atoms in total. The van der Waals surface area contributed by atoms with E-state index in [9.17, 15) is 0 Å². The molecule has 0 spiro atoms. The fourth-order valence-electron chi connectivity index (χ4n) is 2.53. The number of hydrogen-bond acceptors (Lipinski definition) is 1. The Balaban J connectivity index is 2.82. The highest BCUT2D eigenvalue weighted by Gasteiger charge is 2.30. The van der Waals surface area contributed by atoms with Gasteiger partial charge in [0.05, 0.1) is 0 Å². The molecule has 1 N–H and O–H groups in total. The van der Waals surface area contributed by atoms with Gasteiger partial charge in [-0.3, -0.25) is 0 Å². The molecule has 102 valence electrons. The predicted octanol–water partition coefficient (Wildman–Crippen LogP) is 4.38. The molecule has 0 bridgehead atoms. The van der Waals surface area contributed by atoms with E-state index < -0.39 is 0 Å². The maximum atomic E-state index is 3.68. The first-order chi connectivity index (χ1) is 8.48. The first-order valence-corrected chi connectivity index (χ1v) is 7.27. The van der Waals surface area contributed by atoms with Crippen LogP contribution in [0, 0.1) is 5.92 Å². The van der Waals surface area contributed by atoms with Gasteiger partial charge in [-0.25, -0.2) is 0 Å². The zero-order valence-corrected chi connectivity index (χ0v) is 12.7. The third-order valence-corrected chi connectivity index (χ3v) is 3.87. The van der Waals surface area contributed by atoms with Gasteiger partial charge in [-0.1, -0.05) is 65.0 Å². The molecule has 0 heterocycles. The minimum Gasteiger partial charge on any atom is -0.313 e. The van der Waals surface area contributed by atoms with Crippen LogP contribution in [0.15, 0.2) is 30.3 Å². The minimum absolute atomic E-state index is 0.187. The standard InChI is InChI=1S/C17H29N/c1-6-18-16(13-12-14(2)3)17(4,5)15-10-8-7-9-11-15/h7-11,14,16,18H,6,12-13H2,1-5H3. The highest BCUT2D eigenvalue weighted by atomic mass is 14.9.